The topological polar surface area (TPSA) is 33.6 Å². The summed E-state index contributed by atoms with van der Waals surface area (Å²) in [6.45, 7) is 4.80. The molecule has 0 saturated carbocycles. The van der Waals surface area contributed by atoms with Crippen LogP contribution in [0.2, 0.25) is 0 Å². The Labute approximate surface area is 80.6 Å². The van der Waals surface area contributed by atoms with E-state index in [1.54, 1.807) is 0 Å². The number of unbranched alkanes of at least 4 members (excludes halogenated alkanes) is 4. The van der Waals surface area contributed by atoms with E-state index in [4.69, 9.17) is 4.74 Å². The van der Waals surface area contributed by atoms with Gasteiger partial charge < -0.3 is 10.1 Å². The van der Waals surface area contributed by atoms with Crippen molar-refractivity contribution in [1.82, 2.24) is 5.32 Å². The Hall–Kier alpha value is -0.730. The van der Waals surface area contributed by atoms with E-state index in [1.807, 2.05) is 0 Å². The number of hydrogen-bond donors (Lipinski definition) is 1. The van der Waals surface area contributed by atoms with Gasteiger partial charge in [0.15, 0.2) is 0 Å². The lowest BCUT2D eigenvalue weighted by Gasteiger charge is -2.04. The number of rotatable bonds is 6. The molecule has 0 aromatic rings. The second-order valence-electron chi connectivity index (χ2n) is 3.38. The zero-order chi connectivity index (χ0) is 9.36. The minimum atomic E-state index is 0.746. The molecule has 1 N–H and O–H groups in total. The van der Waals surface area contributed by atoms with Gasteiger partial charge >= 0.3 is 0 Å². The number of ether oxygens (including phenoxy) is 1. The molecule has 0 aromatic heterocycles. The zero-order valence-corrected chi connectivity index (χ0v) is 8.51. The molecule has 3 nitrogen and oxygen atoms in total. The largest absolute Gasteiger partial charge is 0.463 e. The molecule has 0 saturated heterocycles. The lowest BCUT2D eigenvalue weighted by Crippen LogP contribution is -2.24. The Balaban J connectivity index is 1.83. The average Bonchev–Trinajstić information content (AvgIpc) is 2.63. The Morgan fingerprint density at radius 1 is 1.31 bits per heavy atom. The Kier molecular flexibility index (Phi) is 5.38. The first-order valence-electron chi connectivity index (χ1n) is 5.34. The van der Waals surface area contributed by atoms with Crippen LogP contribution in [0.1, 0.15) is 39.0 Å². The van der Waals surface area contributed by atoms with Crippen molar-refractivity contribution in [3.05, 3.63) is 0 Å². The van der Waals surface area contributed by atoms with Gasteiger partial charge in [-0.15, -0.1) is 0 Å². The fourth-order valence-corrected chi connectivity index (χ4v) is 1.37. The summed E-state index contributed by atoms with van der Waals surface area (Å²) in [4.78, 5) is 4.15. The SMILES string of the molecule is CCCCCCCNC1=NCCO1. The van der Waals surface area contributed by atoms with Crippen molar-refractivity contribution in [3.63, 3.8) is 0 Å². The summed E-state index contributed by atoms with van der Waals surface area (Å²) in [6.07, 6.45) is 6.56. The van der Waals surface area contributed by atoms with Crippen molar-refractivity contribution in [2.45, 2.75) is 39.0 Å². The van der Waals surface area contributed by atoms with Crippen LogP contribution in [0.3, 0.4) is 0 Å². The molecular formula is C10H20N2O. The van der Waals surface area contributed by atoms with E-state index < -0.39 is 0 Å². The molecule has 76 valence electrons. The van der Waals surface area contributed by atoms with Gasteiger partial charge in [-0.2, -0.15) is 0 Å². The number of aliphatic imine (C=N–C) groups is 1. The fraction of sp³-hybridized carbons (Fsp3) is 0.900. The summed E-state index contributed by atoms with van der Waals surface area (Å²) >= 11 is 0. The highest BCUT2D eigenvalue weighted by Gasteiger charge is 2.04. The van der Waals surface area contributed by atoms with Crippen LogP contribution in [-0.2, 0) is 4.74 Å². The summed E-state index contributed by atoms with van der Waals surface area (Å²) in [5.41, 5.74) is 0. The minimum absolute atomic E-state index is 0.746. The molecule has 0 bridgehead atoms. The third kappa shape index (κ3) is 4.76. The van der Waals surface area contributed by atoms with Crippen molar-refractivity contribution in [2.75, 3.05) is 19.7 Å². The second-order valence-corrected chi connectivity index (χ2v) is 3.38. The predicted octanol–water partition coefficient (Wildman–Crippen LogP) is 1.93. The molecule has 13 heavy (non-hydrogen) atoms. The molecule has 0 atom stereocenters. The van der Waals surface area contributed by atoms with Crippen molar-refractivity contribution >= 4 is 6.02 Å². The van der Waals surface area contributed by atoms with Crippen LogP contribution in [0.5, 0.6) is 0 Å². The summed E-state index contributed by atoms with van der Waals surface area (Å²) in [5.74, 6) is 0. The van der Waals surface area contributed by atoms with Gasteiger partial charge in [-0.1, -0.05) is 32.6 Å². The van der Waals surface area contributed by atoms with Gasteiger partial charge in [-0.3, -0.25) is 0 Å². The number of amidine groups is 1. The molecule has 0 amide bonds. The Bertz CT molecular complexity index is 157. The maximum absolute atomic E-state index is 5.22. The molecule has 1 rings (SSSR count). The number of nitrogens with zero attached hydrogens (tertiary/aromatic N) is 1. The maximum atomic E-state index is 5.22. The van der Waals surface area contributed by atoms with Gasteiger partial charge in [0, 0.05) is 6.54 Å². The van der Waals surface area contributed by atoms with Crippen molar-refractivity contribution in [1.29, 1.82) is 0 Å². The summed E-state index contributed by atoms with van der Waals surface area (Å²) in [6, 6.07) is 0.746. The van der Waals surface area contributed by atoms with Crippen molar-refractivity contribution in [2.24, 2.45) is 4.99 Å². The third-order valence-corrected chi connectivity index (χ3v) is 2.14. The van der Waals surface area contributed by atoms with E-state index in [0.29, 0.717) is 0 Å². The van der Waals surface area contributed by atoms with Crippen LogP contribution >= 0.6 is 0 Å². The standard InChI is InChI=1S/C10H20N2O/c1-2-3-4-5-6-7-11-10-12-8-9-13-10/h2-9H2,1H3,(H,11,12). The first kappa shape index (κ1) is 10.4. The number of hydrogen-bond acceptors (Lipinski definition) is 3. The van der Waals surface area contributed by atoms with Gasteiger partial charge in [0.25, 0.3) is 6.02 Å². The summed E-state index contributed by atoms with van der Waals surface area (Å²) in [7, 11) is 0. The van der Waals surface area contributed by atoms with E-state index in [1.165, 1.54) is 32.1 Å². The van der Waals surface area contributed by atoms with Crippen molar-refractivity contribution < 1.29 is 4.74 Å². The first-order chi connectivity index (χ1) is 6.43. The monoisotopic (exact) mass is 184 g/mol. The van der Waals surface area contributed by atoms with E-state index in [2.05, 4.69) is 17.2 Å². The van der Waals surface area contributed by atoms with Gasteiger partial charge in [0.05, 0.1) is 6.54 Å². The molecule has 0 aliphatic carbocycles. The Morgan fingerprint density at radius 2 is 2.15 bits per heavy atom. The minimum Gasteiger partial charge on any atom is -0.463 e. The molecule has 0 fully saturated rings. The van der Waals surface area contributed by atoms with E-state index in [9.17, 15) is 0 Å². The molecule has 0 unspecified atom stereocenters. The van der Waals surface area contributed by atoms with Crippen LogP contribution in [0.15, 0.2) is 4.99 Å². The summed E-state index contributed by atoms with van der Waals surface area (Å²) < 4.78 is 5.22. The van der Waals surface area contributed by atoms with Gasteiger partial charge in [-0.25, -0.2) is 4.99 Å². The smallest absolute Gasteiger partial charge is 0.284 e. The lowest BCUT2D eigenvalue weighted by molar-refractivity contribution is 0.331. The molecule has 1 aliphatic rings. The van der Waals surface area contributed by atoms with Crippen LogP contribution in [0.4, 0.5) is 0 Å². The van der Waals surface area contributed by atoms with Gasteiger partial charge in [0.1, 0.15) is 6.61 Å². The molecule has 0 spiro atoms. The van der Waals surface area contributed by atoms with Crippen LogP contribution < -0.4 is 5.32 Å². The lowest BCUT2D eigenvalue weighted by atomic mass is 10.1. The van der Waals surface area contributed by atoms with Crippen LogP contribution in [-0.4, -0.2) is 25.7 Å². The molecule has 0 radical (unpaired) electrons. The summed E-state index contributed by atoms with van der Waals surface area (Å²) in [5, 5.41) is 3.19. The molecule has 0 aromatic carbocycles. The predicted molar refractivity (Wildman–Crippen MR) is 55.0 cm³/mol. The van der Waals surface area contributed by atoms with Crippen molar-refractivity contribution in [3.8, 4) is 0 Å². The normalized spacial score (nSPS) is 15.3. The Morgan fingerprint density at radius 3 is 2.85 bits per heavy atom. The van der Waals surface area contributed by atoms with Crippen LogP contribution in [0, 0.1) is 0 Å². The molecule has 1 aliphatic heterocycles. The molecular weight excluding hydrogens is 164 g/mol. The average molecular weight is 184 g/mol. The highest BCUT2D eigenvalue weighted by Crippen LogP contribution is 2.01. The third-order valence-electron chi connectivity index (χ3n) is 2.14. The van der Waals surface area contributed by atoms with Crippen LogP contribution in [0.25, 0.3) is 0 Å². The van der Waals surface area contributed by atoms with Gasteiger partial charge in [-0.05, 0) is 6.42 Å². The van der Waals surface area contributed by atoms with Gasteiger partial charge in [0.2, 0.25) is 0 Å². The molecule has 1 heterocycles. The van der Waals surface area contributed by atoms with E-state index in [-0.39, 0.29) is 0 Å². The fourth-order valence-electron chi connectivity index (χ4n) is 1.37. The zero-order valence-electron chi connectivity index (χ0n) is 8.51. The highest BCUT2D eigenvalue weighted by atomic mass is 16.5. The number of nitrogens with one attached hydrogen (secondary N) is 1. The maximum Gasteiger partial charge on any atom is 0.284 e. The quantitative estimate of drug-likeness (QED) is 0.640. The van der Waals surface area contributed by atoms with E-state index in [0.717, 1.165) is 25.7 Å². The van der Waals surface area contributed by atoms with E-state index >= 15 is 0 Å². The highest BCUT2D eigenvalue weighted by molar-refractivity contribution is 5.74. The second kappa shape index (κ2) is 6.75. The molecule has 3 heteroatoms. The first-order valence-corrected chi connectivity index (χ1v) is 5.34.